The lowest BCUT2D eigenvalue weighted by molar-refractivity contribution is -0.137. The first-order valence-corrected chi connectivity index (χ1v) is 5.83. The second-order valence-corrected chi connectivity index (χ2v) is 4.27. The Morgan fingerprint density at radius 2 is 1.76 bits per heavy atom. The van der Waals surface area contributed by atoms with Crippen molar-refractivity contribution in [3.05, 3.63) is 29.3 Å². The fourth-order valence-electron chi connectivity index (χ4n) is 1.79. The lowest BCUT2D eigenvalue weighted by atomic mass is 10.1. The second kappa shape index (κ2) is 5.82. The molecule has 0 aromatic heterocycles. The van der Waals surface area contributed by atoms with Gasteiger partial charge in [-0.2, -0.15) is 26.3 Å². The Labute approximate surface area is 116 Å². The molecule has 0 heterocycles. The predicted molar refractivity (Wildman–Crippen MR) is 66.4 cm³/mol. The molecule has 0 fully saturated rings. The van der Waals surface area contributed by atoms with Crippen molar-refractivity contribution in [3.8, 4) is 0 Å². The van der Waals surface area contributed by atoms with E-state index in [-0.39, 0.29) is 17.8 Å². The van der Waals surface area contributed by atoms with Gasteiger partial charge >= 0.3 is 12.4 Å². The monoisotopic (exact) mass is 313 g/mol. The number of rotatable bonds is 4. The van der Waals surface area contributed by atoms with Gasteiger partial charge in [-0.15, -0.1) is 0 Å². The van der Waals surface area contributed by atoms with Crippen LogP contribution in [0.1, 0.15) is 18.1 Å². The Bertz CT molecular complexity index is 521. The largest absolute Gasteiger partial charge is 0.416 e. The van der Waals surface area contributed by atoms with E-state index >= 15 is 0 Å². The van der Waals surface area contributed by atoms with E-state index < -0.39 is 30.3 Å². The average Bonchev–Trinajstić information content (AvgIpc) is 2.33. The molecule has 0 aliphatic heterocycles. The topological polar surface area (TPSA) is 53.1 Å². The summed E-state index contributed by atoms with van der Waals surface area (Å²) >= 11 is 0. The van der Waals surface area contributed by atoms with Crippen molar-refractivity contribution >= 4 is 11.5 Å². The van der Waals surface area contributed by atoms with Crippen molar-refractivity contribution in [2.75, 3.05) is 18.0 Å². The van der Waals surface area contributed by atoms with E-state index in [0.717, 1.165) is 11.0 Å². The molecule has 3 nitrogen and oxygen atoms in total. The van der Waals surface area contributed by atoms with Crippen LogP contribution in [0.2, 0.25) is 0 Å². The second-order valence-electron chi connectivity index (χ2n) is 4.27. The average molecular weight is 313 g/mol. The molecule has 0 saturated heterocycles. The van der Waals surface area contributed by atoms with E-state index in [1.54, 1.807) is 0 Å². The Morgan fingerprint density at radius 3 is 2.14 bits per heavy atom. The standard InChI is InChI=1S/C12H13F6N3/c1-2-21(6-11(13,14)15)9-4-3-7(12(16,17)18)5-8(9)10(19)20/h3-5H,2,6H2,1H3,(H3,19,20). The number of nitrogens with one attached hydrogen (secondary N) is 1. The van der Waals surface area contributed by atoms with Crippen LogP contribution in [-0.2, 0) is 6.18 Å². The normalized spacial score (nSPS) is 12.3. The Hall–Kier alpha value is -1.93. The number of anilines is 1. The molecule has 0 saturated carbocycles. The summed E-state index contributed by atoms with van der Waals surface area (Å²) in [6, 6.07) is 2.15. The zero-order valence-corrected chi connectivity index (χ0v) is 10.9. The minimum Gasteiger partial charge on any atom is -0.384 e. The van der Waals surface area contributed by atoms with E-state index in [1.165, 1.54) is 6.92 Å². The highest BCUT2D eigenvalue weighted by molar-refractivity contribution is 6.00. The third-order valence-electron chi connectivity index (χ3n) is 2.71. The highest BCUT2D eigenvalue weighted by Gasteiger charge is 2.34. The highest BCUT2D eigenvalue weighted by atomic mass is 19.4. The van der Waals surface area contributed by atoms with Gasteiger partial charge in [-0.25, -0.2) is 0 Å². The van der Waals surface area contributed by atoms with Gasteiger partial charge in [0, 0.05) is 17.8 Å². The van der Waals surface area contributed by atoms with Crippen molar-refractivity contribution in [3.63, 3.8) is 0 Å². The molecule has 0 unspecified atom stereocenters. The zero-order chi connectivity index (χ0) is 16.4. The molecule has 1 aromatic carbocycles. The maximum atomic E-state index is 12.6. The molecule has 0 spiro atoms. The fraction of sp³-hybridized carbons (Fsp3) is 0.417. The van der Waals surface area contributed by atoms with Gasteiger partial charge in [0.15, 0.2) is 0 Å². The number of hydrogen-bond donors (Lipinski definition) is 2. The van der Waals surface area contributed by atoms with Gasteiger partial charge in [-0.1, -0.05) is 0 Å². The minimum atomic E-state index is -4.66. The molecule has 0 amide bonds. The molecule has 1 aromatic rings. The Kier molecular flexibility index (Phi) is 4.75. The summed E-state index contributed by atoms with van der Waals surface area (Å²) < 4.78 is 75.3. The van der Waals surface area contributed by atoms with E-state index in [9.17, 15) is 26.3 Å². The van der Waals surface area contributed by atoms with Crippen LogP contribution in [0.25, 0.3) is 0 Å². The predicted octanol–water partition coefficient (Wildman–Crippen LogP) is 3.38. The van der Waals surface area contributed by atoms with Gasteiger partial charge in [0.2, 0.25) is 0 Å². The van der Waals surface area contributed by atoms with Crippen molar-refractivity contribution < 1.29 is 26.3 Å². The van der Waals surface area contributed by atoms with Crippen molar-refractivity contribution in [2.45, 2.75) is 19.3 Å². The van der Waals surface area contributed by atoms with Crippen LogP contribution in [-0.4, -0.2) is 25.1 Å². The van der Waals surface area contributed by atoms with Crippen LogP contribution in [0.4, 0.5) is 32.0 Å². The van der Waals surface area contributed by atoms with Crippen molar-refractivity contribution in [1.82, 2.24) is 0 Å². The molecule has 0 aliphatic rings. The molecule has 3 N–H and O–H groups in total. The van der Waals surface area contributed by atoms with Crippen LogP contribution < -0.4 is 10.6 Å². The van der Waals surface area contributed by atoms with Gasteiger partial charge in [0.1, 0.15) is 12.4 Å². The highest BCUT2D eigenvalue weighted by Crippen LogP contribution is 2.33. The van der Waals surface area contributed by atoms with E-state index in [0.29, 0.717) is 12.1 Å². The number of hydrogen-bond acceptors (Lipinski definition) is 2. The van der Waals surface area contributed by atoms with E-state index in [1.807, 2.05) is 0 Å². The van der Waals surface area contributed by atoms with Gasteiger partial charge in [0.05, 0.1) is 5.56 Å². The third-order valence-corrected chi connectivity index (χ3v) is 2.71. The lowest BCUT2D eigenvalue weighted by Crippen LogP contribution is -2.35. The number of alkyl halides is 6. The molecular formula is C12H13F6N3. The maximum Gasteiger partial charge on any atom is 0.416 e. The first kappa shape index (κ1) is 17.1. The van der Waals surface area contributed by atoms with Gasteiger partial charge in [-0.05, 0) is 25.1 Å². The Balaban J connectivity index is 3.31. The number of nitrogen functional groups attached to an aromatic ring is 1. The molecule has 0 atom stereocenters. The number of halogens is 6. The summed E-state index contributed by atoms with van der Waals surface area (Å²) in [6.07, 6.45) is -9.18. The van der Waals surface area contributed by atoms with Gasteiger partial charge in [-0.3, -0.25) is 5.41 Å². The number of nitrogens with zero attached hydrogens (tertiary/aromatic N) is 1. The smallest absolute Gasteiger partial charge is 0.384 e. The molecule has 118 valence electrons. The van der Waals surface area contributed by atoms with Crippen LogP contribution >= 0.6 is 0 Å². The maximum absolute atomic E-state index is 12.6. The molecular weight excluding hydrogens is 300 g/mol. The van der Waals surface area contributed by atoms with Gasteiger partial charge < -0.3 is 10.6 Å². The van der Waals surface area contributed by atoms with Crippen LogP contribution in [0.3, 0.4) is 0 Å². The molecule has 0 aliphatic carbocycles. The summed E-state index contributed by atoms with van der Waals surface area (Å²) in [6.45, 7) is -0.00632. The zero-order valence-electron chi connectivity index (χ0n) is 10.9. The minimum absolute atomic E-state index is 0.0921. The molecule has 0 bridgehead atoms. The molecule has 9 heteroatoms. The summed E-state index contributed by atoms with van der Waals surface area (Å²) in [7, 11) is 0. The summed E-state index contributed by atoms with van der Waals surface area (Å²) in [5, 5.41) is 7.28. The first-order chi connectivity index (χ1) is 9.45. The summed E-state index contributed by atoms with van der Waals surface area (Å²) in [5.74, 6) is -0.725. The van der Waals surface area contributed by atoms with Crippen LogP contribution in [0.5, 0.6) is 0 Å². The summed E-state index contributed by atoms with van der Waals surface area (Å²) in [4.78, 5) is 0.816. The van der Waals surface area contributed by atoms with Crippen LogP contribution in [0, 0.1) is 5.41 Å². The lowest BCUT2D eigenvalue weighted by Gasteiger charge is -2.27. The quantitative estimate of drug-likeness (QED) is 0.509. The molecule has 1 rings (SSSR count). The number of nitrogens with two attached hydrogens (primary N) is 1. The molecule has 21 heavy (non-hydrogen) atoms. The van der Waals surface area contributed by atoms with Crippen LogP contribution in [0.15, 0.2) is 18.2 Å². The SMILES string of the molecule is CCN(CC(F)(F)F)c1ccc(C(F)(F)F)cc1C(=N)N. The van der Waals surface area contributed by atoms with E-state index in [2.05, 4.69) is 0 Å². The first-order valence-electron chi connectivity index (χ1n) is 5.83. The molecule has 0 radical (unpaired) electrons. The van der Waals surface area contributed by atoms with Gasteiger partial charge in [0.25, 0.3) is 0 Å². The number of benzene rings is 1. The van der Waals surface area contributed by atoms with E-state index in [4.69, 9.17) is 11.1 Å². The van der Waals surface area contributed by atoms with Crippen molar-refractivity contribution in [2.24, 2.45) is 5.73 Å². The fourth-order valence-corrected chi connectivity index (χ4v) is 1.79. The summed E-state index contributed by atoms with van der Waals surface area (Å²) in [5.41, 5.74) is 3.59. The number of amidine groups is 1. The third kappa shape index (κ3) is 4.54. The Morgan fingerprint density at radius 1 is 1.19 bits per heavy atom. The van der Waals surface area contributed by atoms with Crippen molar-refractivity contribution in [1.29, 1.82) is 5.41 Å².